The summed E-state index contributed by atoms with van der Waals surface area (Å²) in [6.45, 7) is 0.168. The van der Waals surface area contributed by atoms with Crippen molar-refractivity contribution in [1.82, 2.24) is 10.2 Å². The van der Waals surface area contributed by atoms with E-state index >= 15 is 0 Å². The Hall–Kier alpha value is -1.72. The van der Waals surface area contributed by atoms with Crippen LogP contribution < -0.4 is 5.32 Å². The van der Waals surface area contributed by atoms with Gasteiger partial charge in [-0.1, -0.05) is 12.1 Å². The second-order valence-electron chi connectivity index (χ2n) is 7.13. The molecule has 0 spiro atoms. The lowest BCUT2D eigenvalue weighted by atomic mass is 9.89. The van der Waals surface area contributed by atoms with Gasteiger partial charge in [0.05, 0.1) is 17.7 Å². The molecule has 1 heterocycles. The lowest BCUT2D eigenvalue weighted by Gasteiger charge is -2.36. The summed E-state index contributed by atoms with van der Waals surface area (Å²) in [5.74, 6) is -0.306. The van der Waals surface area contributed by atoms with E-state index in [4.69, 9.17) is 0 Å². The Labute approximate surface area is 135 Å². The van der Waals surface area contributed by atoms with Gasteiger partial charge in [0.2, 0.25) is 0 Å². The summed E-state index contributed by atoms with van der Waals surface area (Å²) in [5, 5.41) is 13.0. The average molecular weight is 314 g/mol. The molecule has 1 aromatic carbocycles. The fourth-order valence-corrected chi connectivity index (χ4v) is 4.00. The molecule has 2 saturated carbocycles. The van der Waals surface area contributed by atoms with E-state index in [1.807, 2.05) is 0 Å². The van der Waals surface area contributed by atoms with Gasteiger partial charge in [-0.05, 0) is 50.7 Å². The molecule has 2 fully saturated rings. The van der Waals surface area contributed by atoms with E-state index in [-0.39, 0.29) is 36.0 Å². The number of aliphatic hydroxyl groups excluding tert-OH is 1. The number of carbonyl (C=O) groups is 2. The Morgan fingerprint density at radius 1 is 1.13 bits per heavy atom. The SMILES string of the molecule is O=C1c2ccccc2C(=O)N1[C@@H]1CCC[C@@H](NC2(CO)CC2)C1. The second kappa shape index (κ2) is 5.42. The van der Waals surface area contributed by atoms with Crippen LogP contribution >= 0.6 is 0 Å². The van der Waals surface area contributed by atoms with Crippen molar-refractivity contribution in [2.75, 3.05) is 6.61 Å². The Balaban J connectivity index is 1.50. The fraction of sp³-hybridized carbons (Fsp3) is 0.556. The highest BCUT2D eigenvalue weighted by molar-refractivity contribution is 6.21. The van der Waals surface area contributed by atoms with Crippen LogP contribution in [0.25, 0.3) is 0 Å². The van der Waals surface area contributed by atoms with Gasteiger partial charge in [0.1, 0.15) is 0 Å². The Kier molecular flexibility index (Phi) is 3.50. The van der Waals surface area contributed by atoms with Crippen LogP contribution in [0.1, 0.15) is 59.2 Å². The molecule has 5 heteroatoms. The molecule has 2 N–H and O–H groups in total. The standard InChI is InChI=1S/C18H22N2O3/c21-11-18(8-9-18)19-12-4-3-5-13(10-12)20-16(22)14-6-1-2-7-15(14)17(20)23/h1-2,6-7,12-13,19,21H,3-5,8-11H2/t12-,13-/m1/s1. The smallest absolute Gasteiger partial charge is 0.261 e. The molecule has 0 radical (unpaired) electrons. The zero-order valence-corrected chi connectivity index (χ0v) is 13.1. The van der Waals surface area contributed by atoms with Crippen LogP contribution in [-0.4, -0.2) is 46.1 Å². The Morgan fingerprint density at radius 2 is 1.78 bits per heavy atom. The van der Waals surface area contributed by atoms with Crippen molar-refractivity contribution in [3.05, 3.63) is 35.4 Å². The summed E-state index contributed by atoms with van der Waals surface area (Å²) >= 11 is 0. The number of rotatable bonds is 4. The van der Waals surface area contributed by atoms with Crippen molar-refractivity contribution in [2.45, 2.75) is 56.1 Å². The third kappa shape index (κ3) is 2.48. The van der Waals surface area contributed by atoms with Crippen molar-refractivity contribution in [3.8, 4) is 0 Å². The minimum absolute atomic E-state index is 0.0388. The summed E-state index contributed by atoms with van der Waals surface area (Å²) in [6, 6.07) is 7.31. The van der Waals surface area contributed by atoms with Crippen LogP contribution in [0, 0.1) is 0 Å². The van der Waals surface area contributed by atoms with Crippen molar-refractivity contribution >= 4 is 11.8 Å². The molecule has 2 aliphatic carbocycles. The molecule has 5 nitrogen and oxygen atoms in total. The van der Waals surface area contributed by atoms with Gasteiger partial charge < -0.3 is 10.4 Å². The zero-order chi connectivity index (χ0) is 16.0. The van der Waals surface area contributed by atoms with Gasteiger partial charge >= 0.3 is 0 Å². The maximum absolute atomic E-state index is 12.6. The molecule has 0 aromatic heterocycles. The number of hydrogen-bond acceptors (Lipinski definition) is 4. The highest BCUT2D eigenvalue weighted by Gasteiger charge is 2.46. The molecule has 0 bridgehead atoms. The first-order valence-electron chi connectivity index (χ1n) is 8.49. The number of nitrogens with zero attached hydrogens (tertiary/aromatic N) is 1. The number of benzene rings is 1. The third-order valence-corrected chi connectivity index (χ3v) is 5.50. The van der Waals surface area contributed by atoms with Crippen molar-refractivity contribution in [3.63, 3.8) is 0 Å². The number of carbonyl (C=O) groups excluding carboxylic acids is 2. The molecular weight excluding hydrogens is 292 g/mol. The number of fused-ring (bicyclic) bond motifs is 1. The van der Waals surface area contributed by atoms with Crippen LogP contribution in [0.5, 0.6) is 0 Å². The monoisotopic (exact) mass is 314 g/mol. The summed E-state index contributed by atoms with van der Waals surface area (Å²) in [5.41, 5.74) is 0.956. The third-order valence-electron chi connectivity index (χ3n) is 5.50. The normalized spacial score (nSPS) is 28.8. The first-order valence-corrected chi connectivity index (χ1v) is 8.49. The summed E-state index contributed by atoms with van der Waals surface area (Å²) in [6.07, 6.45) is 5.72. The van der Waals surface area contributed by atoms with Crippen molar-refractivity contribution in [2.24, 2.45) is 0 Å². The number of nitrogens with one attached hydrogen (secondary N) is 1. The largest absolute Gasteiger partial charge is 0.394 e. The van der Waals surface area contributed by atoms with Gasteiger partial charge in [-0.25, -0.2) is 0 Å². The van der Waals surface area contributed by atoms with Crippen LogP contribution in [-0.2, 0) is 0 Å². The van der Waals surface area contributed by atoms with Crippen molar-refractivity contribution < 1.29 is 14.7 Å². The molecule has 2 amide bonds. The molecule has 4 rings (SSSR count). The van der Waals surface area contributed by atoms with E-state index in [0.29, 0.717) is 11.1 Å². The lowest BCUT2D eigenvalue weighted by molar-refractivity contribution is 0.0526. The molecule has 1 aliphatic heterocycles. The minimum atomic E-state index is -0.153. The second-order valence-corrected chi connectivity index (χ2v) is 7.13. The van der Waals surface area contributed by atoms with Gasteiger partial charge in [-0.15, -0.1) is 0 Å². The molecule has 122 valence electrons. The van der Waals surface area contributed by atoms with E-state index in [9.17, 15) is 14.7 Å². The van der Waals surface area contributed by atoms with E-state index in [1.165, 1.54) is 4.90 Å². The molecule has 0 unspecified atom stereocenters. The lowest BCUT2D eigenvalue weighted by Crippen LogP contribution is -2.50. The summed E-state index contributed by atoms with van der Waals surface area (Å²) in [4.78, 5) is 26.7. The minimum Gasteiger partial charge on any atom is -0.394 e. The van der Waals surface area contributed by atoms with E-state index < -0.39 is 0 Å². The van der Waals surface area contributed by atoms with Gasteiger partial charge in [-0.3, -0.25) is 14.5 Å². The van der Waals surface area contributed by atoms with Gasteiger partial charge in [0, 0.05) is 17.6 Å². The molecule has 0 saturated heterocycles. The molecule has 1 aromatic rings. The molecule has 3 aliphatic rings. The van der Waals surface area contributed by atoms with Crippen LogP contribution in [0.15, 0.2) is 24.3 Å². The van der Waals surface area contributed by atoms with Crippen molar-refractivity contribution in [1.29, 1.82) is 0 Å². The quantitative estimate of drug-likeness (QED) is 0.830. The number of aliphatic hydroxyl groups is 1. The van der Waals surface area contributed by atoms with Gasteiger partial charge in [-0.2, -0.15) is 0 Å². The predicted octanol–water partition coefficient (Wildman–Crippen LogP) is 1.71. The Bertz CT molecular complexity index is 618. The number of amides is 2. The molecular formula is C18H22N2O3. The highest BCUT2D eigenvalue weighted by Crippen LogP contribution is 2.38. The van der Waals surface area contributed by atoms with Crippen LogP contribution in [0.2, 0.25) is 0 Å². The maximum Gasteiger partial charge on any atom is 0.261 e. The summed E-state index contributed by atoms with van der Waals surface area (Å²) in [7, 11) is 0. The number of imide groups is 1. The van der Waals surface area contributed by atoms with Gasteiger partial charge in [0.25, 0.3) is 11.8 Å². The Morgan fingerprint density at radius 3 is 2.35 bits per heavy atom. The average Bonchev–Trinajstić information content (AvgIpc) is 3.30. The first kappa shape index (κ1) is 14.8. The maximum atomic E-state index is 12.6. The van der Waals surface area contributed by atoms with Crippen LogP contribution in [0.4, 0.5) is 0 Å². The topological polar surface area (TPSA) is 69.6 Å². The van der Waals surface area contributed by atoms with Crippen LogP contribution in [0.3, 0.4) is 0 Å². The number of hydrogen-bond donors (Lipinski definition) is 2. The zero-order valence-electron chi connectivity index (χ0n) is 13.1. The molecule has 2 atom stereocenters. The first-order chi connectivity index (χ1) is 11.1. The molecule has 23 heavy (non-hydrogen) atoms. The van der Waals surface area contributed by atoms with E-state index in [1.54, 1.807) is 24.3 Å². The highest BCUT2D eigenvalue weighted by atomic mass is 16.3. The fourth-order valence-electron chi connectivity index (χ4n) is 4.00. The van der Waals surface area contributed by atoms with E-state index in [2.05, 4.69) is 5.32 Å². The van der Waals surface area contributed by atoms with E-state index in [0.717, 1.165) is 38.5 Å². The van der Waals surface area contributed by atoms with Gasteiger partial charge in [0.15, 0.2) is 0 Å². The summed E-state index contributed by atoms with van der Waals surface area (Å²) < 4.78 is 0. The predicted molar refractivity (Wildman–Crippen MR) is 85.2 cm³/mol.